The van der Waals surface area contributed by atoms with E-state index in [1.165, 1.54) is 11.3 Å². The number of hydrogen-bond acceptors (Lipinski definition) is 4. The summed E-state index contributed by atoms with van der Waals surface area (Å²) < 4.78 is 0. The molecule has 6 aromatic rings. The van der Waals surface area contributed by atoms with E-state index in [0.717, 1.165) is 54.9 Å². The van der Waals surface area contributed by atoms with E-state index in [0.29, 0.717) is 21.8 Å². The molecule has 0 radical (unpaired) electrons. The first-order chi connectivity index (χ1) is 23.6. The van der Waals surface area contributed by atoms with Crippen LogP contribution in [-0.2, 0) is 11.3 Å². The van der Waals surface area contributed by atoms with E-state index < -0.39 is 0 Å². The Morgan fingerprint density at radius 1 is 0.480 bits per heavy atom. The van der Waals surface area contributed by atoms with E-state index in [1.807, 2.05) is 121 Å². The fourth-order valence-corrected chi connectivity index (χ4v) is 6.15. The van der Waals surface area contributed by atoms with Crippen LogP contribution >= 0.6 is 60.1 Å². The van der Waals surface area contributed by atoms with E-state index in [9.17, 15) is 19.2 Å². The van der Waals surface area contributed by atoms with Crippen molar-refractivity contribution in [2.24, 2.45) is 0 Å². The Kier molecular flexibility index (Phi) is 16.6. The van der Waals surface area contributed by atoms with Crippen molar-refractivity contribution in [3.05, 3.63) is 144 Å². The molecule has 6 aromatic carbocycles. The monoisotopic (exact) mass is 969 g/mol. The predicted octanol–water partition coefficient (Wildman–Crippen LogP) is 12.9. The van der Waals surface area contributed by atoms with E-state index in [4.69, 9.17) is 0 Å². The third-order valence-electron chi connectivity index (χ3n) is 7.89. The number of Topliss-reactive ketones (excluding diaryl/α,β-unsaturated/α-hetero) is 4. The first-order valence-corrected chi connectivity index (χ1v) is 21.8. The molecule has 0 amide bonds. The summed E-state index contributed by atoms with van der Waals surface area (Å²) in [6.07, 6.45) is 0. The van der Waals surface area contributed by atoms with Crippen molar-refractivity contribution in [1.29, 1.82) is 0 Å². The molecule has 261 valence electrons. The van der Waals surface area contributed by atoms with Gasteiger partial charge < -0.3 is 0 Å². The summed E-state index contributed by atoms with van der Waals surface area (Å²) in [7, 11) is 0. The Balaban J connectivity index is 0.000000247. The van der Waals surface area contributed by atoms with Crippen molar-refractivity contribution < 1.29 is 30.5 Å². The van der Waals surface area contributed by atoms with Gasteiger partial charge in [0, 0.05) is 22.3 Å². The van der Waals surface area contributed by atoms with Crippen LogP contribution in [-0.4, -0.2) is 33.8 Å². The van der Waals surface area contributed by atoms with Gasteiger partial charge in [-0.25, -0.2) is 0 Å². The summed E-state index contributed by atoms with van der Waals surface area (Å²) in [5.74, 6) is 0.249. The van der Waals surface area contributed by atoms with Gasteiger partial charge in [-0.15, -0.1) is 0 Å². The topological polar surface area (TPSA) is 68.3 Å². The standard InChI is InChI=1S/C20H14Br2O2.C20H16O2.CH4.2BrH.Cu/c21-11-19(23)14-7-5-13(6-8-14)15-9-10-18(20(24)12-22)17-4-2-1-3-16(15)17;1-13(21)15-7-9-16(10-8-15)18-12-11-17(14(2)22)19-5-3-4-6-20(18)19;;;;/h1-10H,11-12H2;3-12H,1-2H3;1H4;2*1H;/q;;;;;+2/p-2. The van der Waals surface area contributed by atoms with E-state index >= 15 is 0 Å². The summed E-state index contributed by atoms with van der Waals surface area (Å²) in [6, 6.07) is 38.7. The molecule has 0 atom stereocenters. The van der Waals surface area contributed by atoms with Crippen LogP contribution in [0.5, 0.6) is 0 Å². The minimum absolute atomic E-state index is 0. The van der Waals surface area contributed by atoms with Gasteiger partial charge in [0.15, 0.2) is 23.1 Å². The summed E-state index contributed by atoms with van der Waals surface area (Å²) in [6.45, 7) is 3.15. The molecular formula is C41H34Br4CuO4. The van der Waals surface area contributed by atoms with E-state index in [1.54, 1.807) is 13.8 Å². The zero-order valence-electron chi connectivity index (χ0n) is 26.4. The number of alkyl halides is 2. The molecule has 0 aliphatic heterocycles. The van der Waals surface area contributed by atoms with Crippen molar-refractivity contribution >= 4 is 105 Å². The van der Waals surface area contributed by atoms with Crippen LogP contribution in [0.15, 0.2) is 121 Å². The van der Waals surface area contributed by atoms with Crippen molar-refractivity contribution in [3.8, 4) is 22.3 Å². The maximum absolute atomic E-state index is 12.1. The molecule has 0 aromatic heterocycles. The number of fused-ring (bicyclic) bond motifs is 2. The predicted molar refractivity (Wildman–Crippen MR) is 220 cm³/mol. The molecule has 9 heteroatoms. The van der Waals surface area contributed by atoms with E-state index in [-0.39, 0.29) is 30.6 Å². The van der Waals surface area contributed by atoms with Gasteiger partial charge in [-0.1, -0.05) is 161 Å². The van der Waals surface area contributed by atoms with E-state index in [2.05, 4.69) is 60.1 Å². The normalized spacial score (nSPS) is 10.3. The molecule has 0 saturated heterocycles. The maximum atomic E-state index is 12.1. The van der Waals surface area contributed by atoms with Crippen LogP contribution in [0.3, 0.4) is 0 Å². The average molecular weight is 974 g/mol. The summed E-state index contributed by atoms with van der Waals surface area (Å²) >= 11 is 13.8. The zero-order valence-corrected chi connectivity index (χ0v) is 33.7. The first-order valence-electron chi connectivity index (χ1n) is 14.9. The zero-order chi connectivity index (χ0) is 35.5. The molecule has 0 N–H and O–H groups in total. The molecule has 0 fully saturated rings. The molecule has 0 aliphatic carbocycles. The number of halogens is 4. The van der Waals surface area contributed by atoms with Crippen LogP contribution in [0, 0.1) is 0 Å². The molecule has 0 spiro atoms. The molecule has 0 aliphatic rings. The van der Waals surface area contributed by atoms with Gasteiger partial charge in [0.2, 0.25) is 0 Å². The van der Waals surface area contributed by atoms with Crippen molar-refractivity contribution in [2.45, 2.75) is 21.3 Å². The number of ketones is 4. The second kappa shape index (κ2) is 20.1. The Morgan fingerprint density at radius 2 is 0.860 bits per heavy atom. The van der Waals surface area contributed by atoms with Gasteiger partial charge in [-0.2, -0.15) is 0 Å². The Hall–Kier alpha value is -3.04. The van der Waals surface area contributed by atoms with Gasteiger partial charge >= 0.3 is 39.6 Å². The first kappa shape index (κ1) is 41.4. The molecule has 0 bridgehead atoms. The molecule has 0 unspecified atom stereocenters. The molecule has 0 saturated carbocycles. The van der Waals surface area contributed by atoms with Gasteiger partial charge in [-0.05, 0) is 57.6 Å². The second-order valence-electron chi connectivity index (χ2n) is 10.8. The SMILES string of the molecule is C.CC(=O)c1ccc(-c2ccc(C(C)=O)c3ccccc23)cc1.O=C(CBr)c1ccc(-c2ccc(C(=O)CBr)c3ccccc23)cc1.[Br][Cu][Br]. The number of carbonyl (C=O) groups excluding carboxylic acids is 4. The minimum atomic E-state index is 0. The quantitative estimate of drug-likeness (QED) is 0.0866. The molecular weight excluding hydrogens is 940 g/mol. The van der Waals surface area contributed by atoms with Crippen LogP contribution < -0.4 is 0 Å². The number of hydrogen-bond donors (Lipinski definition) is 0. The molecule has 50 heavy (non-hydrogen) atoms. The summed E-state index contributed by atoms with van der Waals surface area (Å²) in [5.41, 5.74) is 7.02. The van der Waals surface area contributed by atoms with Gasteiger partial charge in [-0.3, -0.25) is 19.2 Å². The Labute approximate surface area is 330 Å². The third-order valence-corrected chi connectivity index (χ3v) is 8.91. The molecule has 4 nitrogen and oxygen atoms in total. The van der Waals surface area contributed by atoms with Gasteiger partial charge in [0.1, 0.15) is 0 Å². The number of benzene rings is 6. The number of carbonyl (C=O) groups is 4. The summed E-state index contributed by atoms with van der Waals surface area (Å²) in [5, 5.41) is 4.61. The van der Waals surface area contributed by atoms with Crippen LogP contribution in [0.25, 0.3) is 43.8 Å². The number of rotatable bonds is 8. The van der Waals surface area contributed by atoms with Crippen molar-refractivity contribution in [2.75, 3.05) is 10.7 Å². The fraction of sp³-hybridized carbons (Fsp3) is 0.122. The van der Waals surface area contributed by atoms with Crippen LogP contribution in [0.1, 0.15) is 62.7 Å². The average Bonchev–Trinajstić information content (AvgIpc) is 3.14. The second-order valence-corrected chi connectivity index (χ2v) is 16.7. The van der Waals surface area contributed by atoms with Gasteiger partial charge in [0.05, 0.1) is 10.7 Å². The van der Waals surface area contributed by atoms with Gasteiger partial charge in [0.25, 0.3) is 0 Å². The Morgan fingerprint density at radius 3 is 1.26 bits per heavy atom. The third kappa shape index (κ3) is 10.1. The fourth-order valence-electron chi connectivity index (χ4n) is 5.52. The van der Waals surface area contributed by atoms with Crippen molar-refractivity contribution in [1.82, 2.24) is 0 Å². The molecule has 0 heterocycles. The molecule has 6 rings (SSSR count). The Bertz CT molecular complexity index is 2130. The summed E-state index contributed by atoms with van der Waals surface area (Å²) in [4.78, 5) is 47.1. The van der Waals surface area contributed by atoms with Crippen molar-refractivity contribution in [3.63, 3.8) is 0 Å². The van der Waals surface area contributed by atoms with Crippen LogP contribution in [0.2, 0.25) is 0 Å². The van der Waals surface area contributed by atoms with Crippen LogP contribution in [0.4, 0.5) is 0 Å².